The molecule has 0 radical (unpaired) electrons. The fourth-order valence-electron chi connectivity index (χ4n) is 1.98. The molecule has 0 bridgehead atoms. The predicted molar refractivity (Wildman–Crippen MR) is 49.6 cm³/mol. The number of rotatable bonds is 2. The van der Waals surface area contributed by atoms with Gasteiger partial charge in [0.1, 0.15) is 0 Å². The zero-order valence-corrected chi connectivity index (χ0v) is 8.01. The fourth-order valence-corrected chi connectivity index (χ4v) is 1.98. The van der Waals surface area contributed by atoms with Gasteiger partial charge in [-0.05, 0) is 25.7 Å². The molecule has 0 aliphatic heterocycles. The van der Waals surface area contributed by atoms with E-state index in [0.29, 0.717) is 6.04 Å². The van der Waals surface area contributed by atoms with Crippen molar-refractivity contribution in [2.45, 2.75) is 51.6 Å². The van der Waals surface area contributed by atoms with Crippen LogP contribution >= 0.6 is 0 Å². The molecule has 3 unspecified atom stereocenters. The number of nitrogens with one attached hydrogen (secondary N) is 1. The summed E-state index contributed by atoms with van der Waals surface area (Å²) in [7, 11) is 0. The molecule has 1 aliphatic rings. The Labute approximate surface area is 75.0 Å². The van der Waals surface area contributed by atoms with E-state index >= 15 is 0 Å². The third-order valence-electron chi connectivity index (χ3n) is 2.62. The molecule has 1 aliphatic carbocycles. The van der Waals surface area contributed by atoms with Crippen LogP contribution in [-0.4, -0.2) is 12.1 Å². The molecule has 2 heteroatoms. The first-order chi connectivity index (χ1) is 5.72. The summed E-state index contributed by atoms with van der Waals surface area (Å²) in [6.07, 6.45) is 5.17. The van der Waals surface area contributed by atoms with Crippen LogP contribution in [0.25, 0.3) is 0 Å². The molecule has 0 saturated heterocycles. The Morgan fingerprint density at radius 3 is 2.83 bits per heavy atom. The first kappa shape index (κ1) is 9.54. The summed E-state index contributed by atoms with van der Waals surface area (Å²) in [6.45, 7) is 4.23. The van der Waals surface area contributed by atoms with Crippen LogP contribution < -0.4 is 5.32 Å². The van der Waals surface area contributed by atoms with Gasteiger partial charge < -0.3 is 0 Å². The lowest BCUT2D eigenvalue weighted by molar-refractivity contribution is 0.295. The van der Waals surface area contributed by atoms with Crippen LogP contribution in [0.2, 0.25) is 0 Å². The maximum atomic E-state index is 8.62. The number of nitriles is 1. The van der Waals surface area contributed by atoms with Crippen molar-refractivity contribution in [3.05, 3.63) is 0 Å². The lowest BCUT2D eigenvalue weighted by atomic mass is 9.87. The smallest absolute Gasteiger partial charge is 0.0926 e. The number of hydrogen-bond donors (Lipinski definition) is 1. The highest BCUT2D eigenvalue weighted by molar-refractivity contribution is 4.89. The molecule has 0 aromatic carbocycles. The molecule has 0 heterocycles. The van der Waals surface area contributed by atoms with Crippen molar-refractivity contribution in [2.24, 2.45) is 5.92 Å². The quantitative estimate of drug-likeness (QED) is 0.681. The second kappa shape index (κ2) is 4.47. The van der Waals surface area contributed by atoms with Crippen molar-refractivity contribution in [1.82, 2.24) is 5.32 Å². The third kappa shape index (κ3) is 2.83. The Hall–Kier alpha value is -0.550. The Morgan fingerprint density at radius 2 is 2.25 bits per heavy atom. The van der Waals surface area contributed by atoms with Crippen LogP contribution in [0.15, 0.2) is 0 Å². The minimum atomic E-state index is 0.0142. The van der Waals surface area contributed by atoms with E-state index in [4.69, 9.17) is 5.26 Å². The molecule has 0 aromatic heterocycles. The second-order valence-corrected chi connectivity index (χ2v) is 3.99. The second-order valence-electron chi connectivity index (χ2n) is 3.99. The van der Waals surface area contributed by atoms with Gasteiger partial charge in [-0.1, -0.05) is 19.8 Å². The van der Waals surface area contributed by atoms with E-state index in [2.05, 4.69) is 18.3 Å². The van der Waals surface area contributed by atoms with E-state index in [9.17, 15) is 0 Å². The first-order valence-electron chi connectivity index (χ1n) is 4.88. The highest BCUT2D eigenvalue weighted by atomic mass is 14.9. The normalized spacial score (nSPS) is 32.4. The molecule has 12 heavy (non-hydrogen) atoms. The van der Waals surface area contributed by atoms with Crippen molar-refractivity contribution in [3.8, 4) is 6.07 Å². The van der Waals surface area contributed by atoms with Crippen LogP contribution in [0, 0.1) is 17.2 Å². The average Bonchev–Trinajstić information content (AvgIpc) is 2.04. The van der Waals surface area contributed by atoms with Crippen molar-refractivity contribution in [2.75, 3.05) is 0 Å². The molecule has 0 amide bonds. The maximum Gasteiger partial charge on any atom is 0.0926 e. The van der Waals surface area contributed by atoms with Crippen molar-refractivity contribution in [1.29, 1.82) is 5.26 Å². The zero-order chi connectivity index (χ0) is 8.97. The standard InChI is InChI=1S/C10H18N2/c1-8-4-3-5-10(6-8)12-9(2)7-11/h8-10,12H,3-6H2,1-2H3. The molecule has 3 atom stereocenters. The first-order valence-corrected chi connectivity index (χ1v) is 4.88. The van der Waals surface area contributed by atoms with Gasteiger partial charge in [0.25, 0.3) is 0 Å². The molecular weight excluding hydrogens is 148 g/mol. The van der Waals surface area contributed by atoms with Crippen LogP contribution in [0.3, 0.4) is 0 Å². The highest BCUT2D eigenvalue weighted by Crippen LogP contribution is 2.23. The van der Waals surface area contributed by atoms with Gasteiger partial charge in [-0.2, -0.15) is 5.26 Å². The van der Waals surface area contributed by atoms with Gasteiger partial charge in [0.2, 0.25) is 0 Å². The van der Waals surface area contributed by atoms with Gasteiger partial charge in [-0.15, -0.1) is 0 Å². The molecule has 0 spiro atoms. The lowest BCUT2D eigenvalue weighted by Gasteiger charge is -2.28. The van der Waals surface area contributed by atoms with Crippen LogP contribution in [0.4, 0.5) is 0 Å². The molecular formula is C10H18N2. The molecule has 1 fully saturated rings. The predicted octanol–water partition coefficient (Wildman–Crippen LogP) is 2.07. The zero-order valence-electron chi connectivity index (χ0n) is 8.01. The molecule has 1 rings (SSSR count). The minimum absolute atomic E-state index is 0.0142. The Morgan fingerprint density at radius 1 is 1.50 bits per heavy atom. The Bertz CT molecular complexity index is 171. The van der Waals surface area contributed by atoms with Crippen molar-refractivity contribution >= 4 is 0 Å². The van der Waals surface area contributed by atoms with Gasteiger partial charge in [0.05, 0.1) is 12.1 Å². The van der Waals surface area contributed by atoms with Gasteiger partial charge in [-0.25, -0.2) is 0 Å². The average molecular weight is 166 g/mol. The van der Waals surface area contributed by atoms with E-state index in [0.717, 1.165) is 5.92 Å². The molecule has 1 saturated carbocycles. The monoisotopic (exact) mass is 166 g/mol. The summed E-state index contributed by atoms with van der Waals surface area (Å²) in [5.41, 5.74) is 0. The van der Waals surface area contributed by atoms with Crippen LogP contribution in [-0.2, 0) is 0 Å². The van der Waals surface area contributed by atoms with E-state index in [1.54, 1.807) is 0 Å². The van der Waals surface area contributed by atoms with E-state index < -0.39 is 0 Å². The minimum Gasteiger partial charge on any atom is -0.299 e. The Balaban J connectivity index is 2.28. The highest BCUT2D eigenvalue weighted by Gasteiger charge is 2.19. The number of nitrogens with zero attached hydrogens (tertiary/aromatic N) is 1. The van der Waals surface area contributed by atoms with Crippen LogP contribution in [0.1, 0.15) is 39.5 Å². The summed E-state index contributed by atoms with van der Waals surface area (Å²) in [5, 5.41) is 12.0. The largest absolute Gasteiger partial charge is 0.299 e. The topological polar surface area (TPSA) is 35.8 Å². The molecule has 1 N–H and O–H groups in total. The van der Waals surface area contributed by atoms with Crippen molar-refractivity contribution < 1.29 is 0 Å². The van der Waals surface area contributed by atoms with Gasteiger partial charge >= 0.3 is 0 Å². The summed E-state index contributed by atoms with van der Waals surface area (Å²) >= 11 is 0. The fraction of sp³-hybridized carbons (Fsp3) is 0.900. The van der Waals surface area contributed by atoms with Gasteiger partial charge in [-0.3, -0.25) is 5.32 Å². The maximum absolute atomic E-state index is 8.62. The SMILES string of the molecule is CC1CCCC(NC(C)C#N)C1. The third-order valence-corrected chi connectivity index (χ3v) is 2.62. The van der Waals surface area contributed by atoms with Gasteiger partial charge in [0.15, 0.2) is 0 Å². The van der Waals surface area contributed by atoms with Crippen LogP contribution in [0.5, 0.6) is 0 Å². The lowest BCUT2D eigenvalue weighted by Crippen LogP contribution is -2.38. The van der Waals surface area contributed by atoms with E-state index in [-0.39, 0.29) is 6.04 Å². The summed E-state index contributed by atoms with van der Waals surface area (Å²) < 4.78 is 0. The van der Waals surface area contributed by atoms with Crippen molar-refractivity contribution in [3.63, 3.8) is 0 Å². The summed E-state index contributed by atoms with van der Waals surface area (Å²) in [5.74, 6) is 0.835. The molecule has 68 valence electrons. The summed E-state index contributed by atoms with van der Waals surface area (Å²) in [6, 6.07) is 2.82. The summed E-state index contributed by atoms with van der Waals surface area (Å²) in [4.78, 5) is 0. The van der Waals surface area contributed by atoms with E-state index in [1.165, 1.54) is 25.7 Å². The van der Waals surface area contributed by atoms with Gasteiger partial charge in [0, 0.05) is 6.04 Å². The van der Waals surface area contributed by atoms with E-state index in [1.807, 2.05) is 6.92 Å². The number of hydrogen-bond acceptors (Lipinski definition) is 2. The molecule has 2 nitrogen and oxygen atoms in total. The Kier molecular flexibility index (Phi) is 3.55. The molecule has 0 aromatic rings.